The third-order valence-corrected chi connectivity index (χ3v) is 3.85. The van der Waals surface area contributed by atoms with Gasteiger partial charge in [0, 0.05) is 0 Å². The number of carboxylic acids is 1. The van der Waals surface area contributed by atoms with Crippen LogP contribution in [0.25, 0.3) is 0 Å². The van der Waals surface area contributed by atoms with E-state index < -0.39 is 30.0 Å². The number of para-hydroxylation sites is 2. The lowest BCUT2D eigenvalue weighted by Crippen LogP contribution is -2.39. The SMILES string of the molecule is COc1ccccc1NC(=O)[C@@H]1[C@@H](C(=O)O)[C@H]2C=C[C@H]1O2. The number of methoxy groups -OCH3 is 1. The summed E-state index contributed by atoms with van der Waals surface area (Å²) in [5.41, 5.74) is 0.515. The molecular weight excluding hydrogens is 274 g/mol. The van der Waals surface area contributed by atoms with E-state index in [9.17, 15) is 14.7 Å². The van der Waals surface area contributed by atoms with Crippen LogP contribution in [0.15, 0.2) is 36.4 Å². The molecule has 3 rings (SSSR count). The van der Waals surface area contributed by atoms with E-state index in [1.54, 1.807) is 36.4 Å². The lowest BCUT2D eigenvalue weighted by atomic mass is 9.82. The van der Waals surface area contributed by atoms with E-state index in [1.807, 2.05) is 0 Å². The maximum Gasteiger partial charge on any atom is 0.310 e. The van der Waals surface area contributed by atoms with Crippen LogP contribution >= 0.6 is 0 Å². The van der Waals surface area contributed by atoms with Crippen molar-refractivity contribution in [3.05, 3.63) is 36.4 Å². The van der Waals surface area contributed by atoms with Gasteiger partial charge in [-0.3, -0.25) is 9.59 Å². The average molecular weight is 289 g/mol. The van der Waals surface area contributed by atoms with Gasteiger partial charge in [0.1, 0.15) is 11.7 Å². The van der Waals surface area contributed by atoms with Crippen LogP contribution < -0.4 is 10.1 Å². The molecule has 1 amide bonds. The van der Waals surface area contributed by atoms with Crippen molar-refractivity contribution in [2.24, 2.45) is 11.8 Å². The zero-order valence-corrected chi connectivity index (χ0v) is 11.4. The maximum absolute atomic E-state index is 12.4. The molecule has 6 nitrogen and oxygen atoms in total. The Morgan fingerprint density at radius 2 is 1.86 bits per heavy atom. The molecule has 6 heteroatoms. The highest BCUT2D eigenvalue weighted by Gasteiger charge is 2.53. The normalized spacial score (nSPS) is 29.4. The van der Waals surface area contributed by atoms with E-state index in [2.05, 4.69) is 5.32 Å². The van der Waals surface area contributed by atoms with Crippen molar-refractivity contribution in [1.82, 2.24) is 0 Å². The Labute approximate surface area is 121 Å². The molecule has 0 unspecified atom stereocenters. The fourth-order valence-electron chi connectivity index (χ4n) is 2.88. The van der Waals surface area contributed by atoms with Crippen LogP contribution in [0.5, 0.6) is 5.75 Å². The summed E-state index contributed by atoms with van der Waals surface area (Å²) in [6.45, 7) is 0. The van der Waals surface area contributed by atoms with Crippen molar-refractivity contribution in [2.75, 3.05) is 12.4 Å². The van der Waals surface area contributed by atoms with Crippen molar-refractivity contribution in [2.45, 2.75) is 12.2 Å². The minimum atomic E-state index is -1.02. The second-order valence-corrected chi connectivity index (χ2v) is 5.03. The van der Waals surface area contributed by atoms with Gasteiger partial charge in [-0.15, -0.1) is 0 Å². The molecule has 0 aromatic heterocycles. The molecule has 2 aliphatic heterocycles. The number of aliphatic carboxylic acids is 1. The van der Waals surface area contributed by atoms with E-state index in [4.69, 9.17) is 9.47 Å². The highest BCUT2D eigenvalue weighted by Crippen LogP contribution is 2.40. The topological polar surface area (TPSA) is 84.9 Å². The molecule has 2 N–H and O–H groups in total. The van der Waals surface area contributed by atoms with Gasteiger partial charge in [0.25, 0.3) is 0 Å². The highest BCUT2D eigenvalue weighted by atomic mass is 16.5. The zero-order chi connectivity index (χ0) is 15.0. The van der Waals surface area contributed by atoms with Crippen LogP contribution in [-0.4, -0.2) is 36.3 Å². The number of amides is 1. The summed E-state index contributed by atoms with van der Waals surface area (Å²) >= 11 is 0. The molecule has 1 aromatic rings. The first-order valence-electron chi connectivity index (χ1n) is 6.62. The molecule has 110 valence electrons. The Hall–Kier alpha value is -2.34. The quantitative estimate of drug-likeness (QED) is 0.816. The lowest BCUT2D eigenvalue weighted by molar-refractivity contribution is -0.145. The van der Waals surface area contributed by atoms with Gasteiger partial charge in [0.2, 0.25) is 5.91 Å². The maximum atomic E-state index is 12.4. The van der Waals surface area contributed by atoms with E-state index in [1.165, 1.54) is 7.11 Å². The molecule has 0 spiro atoms. The van der Waals surface area contributed by atoms with Crippen LogP contribution in [0.1, 0.15) is 0 Å². The molecule has 1 saturated heterocycles. The van der Waals surface area contributed by atoms with Crippen LogP contribution in [0, 0.1) is 11.8 Å². The van der Waals surface area contributed by atoms with Gasteiger partial charge in [-0.25, -0.2) is 0 Å². The second kappa shape index (κ2) is 5.21. The molecule has 21 heavy (non-hydrogen) atoms. The molecule has 1 aromatic carbocycles. The van der Waals surface area contributed by atoms with Crippen LogP contribution in [0.3, 0.4) is 0 Å². The molecule has 2 heterocycles. The van der Waals surface area contributed by atoms with Crippen molar-refractivity contribution < 1.29 is 24.2 Å². The van der Waals surface area contributed by atoms with Gasteiger partial charge >= 0.3 is 5.97 Å². The van der Waals surface area contributed by atoms with E-state index >= 15 is 0 Å². The number of carbonyl (C=O) groups is 2. The molecule has 0 radical (unpaired) electrons. The molecule has 4 atom stereocenters. The Morgan fingerprint density at radius 3 is 2.52 bits per heavy atom. The fourth-order valence-corrected chi connectivity index (χ4v) is 2.88. The summed E-state index contributed by atoms with van der Waals surface area (Å²) in [6.07, 6.45) is 2.44. The van der Waals surface area contributed by atoms with Gasteiger partial charge in [-0.05, 0) is 12.1 Å². The van der Waals surface area contributed by atoms with Gasteiger partial charge in [-0.2, -0.15) is 0 Å². The number of ether oxygens (including phenoxy) is 2. The first kappa shape index (κ1) is 13.6. The van der Waals surface area contributed by atoms with Gasteiger partial charge in [-0.1, -0.05) is 24.3 Å². The van der Waals surface area contributed by atoms with E-state index in [0.717, 1.165) is 0 Å². The number of carbonyl (C=O) groups excluding carboxylic acids is 1. The summed E-state index contributed by atoms with van der Waals surface area (Å²) in [4.78, 5) is 23.8. The van der Waals surface area contributed by atoms with Crippen molar-refractivity contribution in [3.8, 4) is 5.75 Å². The van der Waals surface area contributed by atoms with Crippen molar-refractivity contribution in [3.63, 3.8) is 0 Å². The smallest absolute Gasteiger partial charge is 0.310 e. The molecule has 0 saturated carbocycles. The van der Waals surface area contributed by atoms with Crippen molar-refractivity contribution >= 4 is 17.6 Å². The molecule has 2 bridgehead atoms. The van der Waals surface area contributed by atoms with Gasteiger partial charge in [0.05, 0.1) is 30.9 Å². The standard InChI is InChI=1S/C15H15NO5/c1-20-9-5-3-2-4-8(9)16-14(17)12-10-6-7-11(21-10)13(12)15(18)19/h2-7,10-13H,1H3,(H,16,17)(H,18,19)/t10-,11-,12+,13+/m1/s1. The fraction of sp³-hybridized carbons (Fsp3) is 0.333. The molecule has 0 aliphatic carbocycles. The predicted molar refractivity (Wildman–Crippen MR) is 74.0 cm³/mol. The Morgan fingerprint density at radius 1 is 1.19 bits per heavy atom. The molecular formula is C15H15NO5. The highest BCUT2D eigenvalue weighted by molar-refractivity contribution is 5.97. The Bertz CT molecular complexity index is 612. The predicted octanol–water partition coefficient (Wildman–Crippen LogP) is 1.29. The zero-order valence-electron chi connectivity index (χ0n) is 11.4. The third-order valence-electron chi connectivity index (χ3n) is 3.85. The minimum absolute atomic E-state index is 0.372. The van der Waals surface area contributed by atoms with Gasteiger partial charge in [0.15, 0.2) is 0 Å². The summed E-state index contributed by atoms with van der Waals surface area (Å²) in [7, 11) is 1.51. The largest absolute Gasteiger partial charge is 0.495 e. The minimum Gasteiger partial charge on any atom is -0.495 e. The Kier molecular flexibility index (Phi) is 3.39. The van der Waals surface area contributed by atoms with Crippen LogP contribution in [-0.2, 0) is 14.3 Å². The first-order chi connectivity index (χ1) is 10.1. The van der Waals surface area contributed by atoms with E-state index in [0.29, 0.717) is 11.4 Å². The second-order valence-electron chi connectivity index (χ2n) is 5.03. The Balaban J connectivity index is 1.82. The monoisotopic (exact) mass is 289 g/mol. The number of anilines is 1. The van der Waals surface area contributed by atoms with Gasteiger partial charge < -0.3 is 19.9 Å². The number of benzene rings is 1. The van der Waals surface area contributed by atoms with Crippen LogP contribution in [0.2, 0.25) is 0 Å². The number of hydrogen-bond acceptors (Lipinski definition) is 4. The average Bonchev–Trinajstić information content (AvgIpc) is 3.08. The third kappa shape index (κ3) is 2.27. The number of fused-ring (bicyclic) bond motifs is 2. The molecule has 2 aliphatic rings. The van der Waals surface area contributed by atoms with Crippen molar-refractivity contribution in [1.29, 1.82) is 0 Å². The summed E-state index contributed by atoms with van der Waals surface area (Å²) in [6, 6.07) is 6.99. The number of nitrogens with one attached hydrogen (secondary N) is 1. The lowest BCUT2D eigenvalue weighted by Gasteiger charge is -2.21. The first-order valence-corrected chi connectivity index (χ1v) is 6.62. The summed E-state index contributed by atoms with van der Waals surface area (Å²) in [5, 5.41) is 12.0. The summed E-state index contributed by atoms with van der Waals surface area (Å²) < 4.78 is 10.7. The number of carboxylic acid groups (broad SMARTS) is 1. The molecule has 1 fully saturated rings. The summed E-state index contributed by atoms with van der Waals surface area (Å²) in [5.74, 6) is -2.45. The van der Waals surface area contributed by atoms with Crippen LogP contribution in [0.4, 0.5) is 5.69 Å². The number of hydrogen-bond donors (Lipinski definition) is 2. The number of rotatable bonds is 4. The van der Waals surface area contributed by atoms with E-state index in [-0.39, 0.29) is 5.91 Å².